The van der Waals surface area contributed by atoms with Gasteiger partial charge in [0.2, 0.25) is 0 Å². The number of nitrogen functional groups attached to an aromatic ring is 1. The van der Waals surface area contributed by atoms with E-state index < -0.39 is 0 Å². The van der Waals surface area contributed by atoms with E-state index >= 15 is 0 Å². The molecule has 2 rings (SSSR count). The molecule has 0 saturated carbocycles. The molecule has 116 valence electrons. The van der Waals surface area contributed by atoms with Gasteiger partial charge in [0.25, 0.3) is 5.91 Å². The molecule has 6 nitrogen and oxygen atoms in total. The van der Waals surface area contributed by atoms with Gasteiger partial charge in [-0.3, -0.25) is 4.79 Å². The van der Waals surface area contributed by atoms with Crippen molar-refractivity contribution in [2.45, 2.75) is 26.4 Å². The van der Waals surface area contributed by atoms with Gasteiger partial charge in [-0.05, 0) is 32.0 Å². The molecule has 1 aromatic carbocycles. The van der Waals surface area contributed by atoms with Gasteiger partial charge in [0.05, 0.1) is 6.54 Å². The van der Waals surface area contributed by atoms with Crippen molar-refractivity contribution >= 4 is 36.4 Å². The highest BCUT2D eigenvalue weighted by Crippen LogP contribution is 2.08. The Morgan fingerprint density at radius 3 is 2.71 bits per heavy atom. The zero-order valence-electron chi connectivity index (χ0n) is 11.8. The Morgan fingerprint density at radius 1 is 1.38 bits per heavy atom. The highest BCUT2D eigenvalue weighted by atomic mass is 35.5. The maximum absolute atomic E-state index is 11.9. The zero-order chi connectivity index (χ0) is 13.8. The number of amides is 1. The van der Waals surface area contributed by atoms with Gasteiger partial charge in [-0.2, -0.15) is 0 Å². The molecule has 0 bridgehead atoms. The van der Waals surface area contributed by atoms with E-state index in [1.165, 1.54) is 0 Å². The van der Waals surface area contributed by atoms with Crippen molar-refractivity contribution in [1.29, 1.82) is 0 Å². The quantitative estimate of drug-likeness (QED) is 0.841. The maximum Gasteiger partial charge on any atom is 0.251 e. The highest BCUT2D eigenvalue weighted by Gasteiger charge is 2.10. The lowest BCUT2D eigenvalue weighted by molar-refractivity contribution is 0.0949. The molecule has 0 aliphatic heterocycles. The molecule has 0 unspecified atom stereocenters. The summed E-state index contributed by atoms with van der Waals surface area (Å²) < 4.78 is 1.92. The molecule has 21 heavy (non-hydrogen) atoms. The van der Waals surface area contributed by atoms with Crippen LogP contribution in [0.2, 0.25) is 0 Å². The number of nitrogens with two attached hydrogens (primary N) is 1. The number of anilines is 1. The molecule has 0 atom stereocenters. The smallest absolute Gasteiger partial charge is 0.251 e. The predicted molar refractivity (Wildman–Crippen MR) is 86.9 cm³/mol. The van der Waals surface area contributed by atoms with Crippen LogP contribution in [0.1, 0.15) is 36.1 Å². The van der Waals surface area contributed by atoms with E-state index in [1.54, 1.807) is 30.6 Å². The lowest BCUT2D eigenvalue weighted by atomic mass is 10.2. The Labute approximate surface area is 135 Å². The van der Waals surface area contributed by atoms with E-state index in [0.717, 1.165) is 5.82 Å². The van der Waals surface area contributed by atoms with Crippen LogP contribution < -0.4 is 11.1 Å². The average Bonchev–Trinajstić information content (AvgIpc) is 2.84. The van der Waals surface area contributed by atoms with Crippen LogP contribution in [0.25, 0.3) is 0 Å². The van der Waals surface area contributed by atoms with E-state index in [4.69, 9.17) is 5.73 Å². The first-order valence-corrected chi connectivity index (χ1v) is 6.10. The van der Waals surface area contributed by atoms with Gasteiger partial charge in [-0.15, -0.1) is 35.0 Å². The summed E-state index contributed by atoms with van der Waals surface area (Å²) in [6.45, 7) is 4.41. The van der Waals surface area contributed by atoms with E-state index in [9.17, 15) is 4.79 Å². The van der Waals surface area contributed by atoms with Crippen LogP contribution in [-0.4, -0.2) is 20.7 Å². The van der Waals surface area contributed by atoms with Crippen LogP contribution in [0.4, 0.5) is 5.69 Å². The summed E-state index contributed by atoms with van der Waals surface area (Å²) in [5, 5.41) is 10.7. The van der Waals surface area contributed by atoms with Gasteiger partial charge in [0, 0.05) is 17.3 Å². The van der Waals surface area contributed by atoms with Gasteiger partial charge < -0.3 is 15.6 Å². The van der Waals surface area contributed by atoms with Crippen molar-refractivity contribution in [1.82, 2.24) is 20.1 Å². The molecular formula is C13H19Cl2N5O. The molecule has 8 heteroatoms. The van der Waals surface area contributed by atoms with Gasteiger partial charge in [-0.25, -0.2) is 0 Å². The number of halogens is 2. The minimum atomic E-state index is -0.175. The fraction of sp³-hybridized carbons (Fsp3) is 0.308. The topological polar surface area (TPSA) is 85.8 Å². The molecule has 1 aromatic heterocycles. The lowest BCUT2D eigenvalue weighted by Crippen LogP contribution is -2.25. The third-order valence-corrected chi connectivity index (χ3v) is 2.76. The van der Waals surface area contributed by atoms with Crippen molar-refractivity contribution in [3.05, 3.63) is 42.0 Å². The molecule has 0 spiro atoms. The first kappa shape index (κ1) is 19.2. The second kappa shape index (κ2) is 8.49. The van der Waals surface area contributed by atoms with E-state index in [2.05, 4.69) is 15.5 Å². The average molecular weight is 332 g/mol. The number of rotatable bonds is 4. The summed E-state index contributed by atoms with van der Waals surface area (Å²) in [6, 6.07) is 7.11. The molecular weight excluding hydrogens is 313 g/mol. The molecule has 0 radical (unpaired) electrons. The number of nitrogens with one attached hydrogen (secondary N) is 1. The summed E-state index contributed by atoms with van der Waals surface area (Å²) >= 11 is 0. The van der Waals surface area contributed by atoms with E-state index in [-0.39, 0.29) is 36.8 Å². The summed E-state index contributed by atoms with van der Waals surface area (Å²) in [6.07, 6.45) is 1.66. The highest BCUT2D eigenvalue weighted by molar-refractivity contribution is 5.94. The first-order chi connectivity index (χ1) is 9.08. The van der Waals surface area contributed by atoms with Crippen molar-refractivity contribution in [2.75, 3.05) is 5.73 Å². The normalized spacial score (nSPS) is 9.67. The van der Waals surface area contributed by atoms with Gasteiger partial charge >= 0.3 is 0 Å². The summed E-state index contributed by atoms with van der Waals surface area (Å²) in [4.78, 5) is 11.9. The predicted octanol–water partition coefficient (Wildman–Crippen LogP) is 2.21. The Balaban J connectivity index is 0.00000200. The fourth-order valence-electron chi connectivity index (χ4n) is 1.77. The van der Waals surface area contributed by atoms with Gasteiger partial charge in [0.15, 0.2) is 5.82 Å². The van der Waals surface area contributed by atoms with Crippen LogP contribution in [-0.2, 0) is 6.54 Å². The number of aromatic nitrogens is 3. The largest absolute Gasteiger partial charge is 0.399 e. The van der Waals surface area contributed by atoms with Crippen LogP contribution >= 0.6 is 24.8 Å². The molecule has 1 amide bonds. The molecule has 0 saturated heterocycles. The lowest BCUT2D eigenvalue weighted by Gasteiger charge is -2.10. The summed E-state index contributed by atoms with van der Waals surface area (Å²) in [7, 11) is 0. The second-order valence-corrected chi connectivity index (χ2v) is 4.56. The second-order valence-electron chi connectivity index (χ2n) is 4.56. The molecule has 0 aliphatic carbocycles. The van der Waals surface area contributed by atoms with Crippen LogP contribution in [0, 0.1) is 0 Å². The van der Waals surface area contributed by atoms with Crippen molar-refractivity contribution in [2.24, 2.45) is 0 Å². The molecule has 3 N–H and O–H groups in total. The number of hydrogen-bond acceptors (Lipinski definition) is 4. The third-order valence-electron chi connectivity index (χ3n) is 2.76. The van der Waals surface area contributed by atoms with E-state index in [1.807, 2.05) is 18.4 Å². The van der Waals surface area contributed by atoms with Crippen molar-refractivity contribution in [3.63, 3.8) is 0 Å². The Kier molecular flexibility index (Phi) is 7.76. The fourth-order valence-corrected chi connectivity index (χ4v) is 1.77. The maximum atomic E-state index is 11.9. The number of carbonyl (C=O) groups is 1. The molecule has 0 fully saturated rings. The Bertz CT molecular complexity index is 585. The van der Waals surface area contributed by atoms with Crippen molar-refractivity contribution < 1.29 is 4.79 Å². The number of carbonyl (C=O) groups excluding carboxylic acids is 1. The molecule has 2 aromatic rings. The number of benzene rings is 1. The van der Waals surface area contributed by atoms with Crippen LogP contribution in [0.3, 0.4) is 0 Å². The van der Waals surface area contributed by atoms with Crippen LogP contribution in [0.5, 0.6) is 0 Å². The number of nitrogens with zero attached hydrogens (tertiary/aromatic N) is 3. The third kappa shape index (κ3) is 4.91. The minimum absolute atomic E-state index is 0. The first-order valence-electron chi connectivity index (χ1n) is 6.10. The number of hydrogen-bond donors (Lipinski definition) is 2. The Morgan fingerprint density at radius 2 is 2.10 bits per heavy atom. The molecule has 0 aliphatic rings. The minimum Gasteiger partial charge on any atom is -0.399 e. The Hall–Kier alpha value is -1.79. The van der Waals surface area contributed by atoms with Crippen LogP contribution in [0.15, 0.2) is 30.6 Å². The van der Waals surface area contributed by atoms with Gasteiger partial charge in [0.1, 0.15) is 6.33 Å². The molecule has 1 heterocycles. The SMILES string of the molecule is CC(C)n1cnnc1CNC(=O)c1cccc(N)c1.Cl.Cl. The van der Waals surface area contributed by atoms with Crippen molar-refractivity contribution in [3.8, 4) is 0 Å². The summed E-state index contributed by atoms with van der Waals surface area (Å²) in [5.41, 5.74) is 6.75. The zero-order valence-corrected chi connectivity index (χ0v) is 13.4. The van der Waals surface area contributed by atoms with E-state index in [0.29, 0.717) is 17.8 Å². The van der Waals surface area contributed by atoms with Gasteiger partial charge in [-0.1, -0.05) is 6.07 Å². The summed E-state index contributed by atoms with van der Waals surface area (Å²) in [5.74, 6) is 0.554. The monoisotopic (exact) mass is 331 g/mol. The standard InChI is InChI=1S/C13H17N5O.2ClH/c1-9(2)18-8-16-17-12(18)7-15-13(19)10-4-3-5-11(14)6-10;;/h3-6,8-9H,7,14H2,1-2H3,(H,15,19);2*1H.